The zero-order valence-electron chi connectivity index (χ0n) is 25.1. The van der Waals surface area contributed by atoms with Gasteiger partial charge in [-0.25, -0.2) is 18.0 Å². The Morgan fingerprint density at radius 3 is 2.36 bits per heavy atom. The number of aromatic amines is 1. The van der Waals surface area contributed by atoms with Crippen molar-refractivity contribution in [3.8, 4) is 17.0 Å². The van der Waals surface area contributed by atoms with E-state index < -0.39 is 22.0 Å². The number of nitrogens with zero attached hydrogens (tertiary/aromatic N) is 2. The monoisotopic (exact) mass is 631 g/mol. The smallest absolute Gasteiger partial charge is 0.414 e. The molecule has 3 aromatic carbocycles. The molecule has 4 aromatic rings. The normalized spacial score (nSPS) is 16.6. The van der Waals surface area contributed by atoms with Gasteiger partial charge in [-0.3, -0.25) is 9.21 Å². The Morgan fingerprint density at radius 1 is 0.889 bits per heavy atom. The number of benzene rings is 3. The van der Waals surface area contributed by atoms with Gasteiger partial charge in [-0.1, -0.05) is 61.4 Å². The van der Waals surface area contributed by atoms with Crippen molar-refractivity contribution in [3.63, 3.8) is 0 Å². The largest absolute Gasteiger partial charge is 0.496 e. The highest BCUT2D eigenvalue weighted by molar-refractivity contribution is 7.92. The van der Waals surface area contributed by atoms with E-state index in [9.17, 15) is 8.42 Å². The number of hydrogen-bond donors (Lipinski definition) is 3. The lowest BCUT2D eigenvalue weighted by Crippen LogP contribution is -2.29. The molecule has 0 unspecified atom stereocenters. The summed E-state index contributed by atoms with van der Waals surface area (Å²) < 4.78 is 34.6. The van der Waals surface area contributed by atoms with Crippen molar-refractivity contribution < 1.29 is 33.0 Å². The van der Waals surface area contributed by atoms with Crippen LogP contribution in [0.1, 0.15) is 48.5 Å². The average Bonchev–Trinajstić information content (AvgIpc) is 3.64. The molecule has 0 aliphatic carbocycles. The molecule has 11 heteroatoms. The lowest BCUT2D eigenvalue weighted by Gasteiger charge is -2.30. The fourth-order valence-electron chi connectivity index (χ4n) is 6.06. The van der Waals surface area contributed by atoms with Gasteiger partial charge in [0.05, 0.1) is 17.7 Å². The number of carboxylic acids is 2. The maximum absolute atomic E-state index is 13.7. The molecular formula is C34H37N3O7S. The number of aliphatic carboxylic acids is 2. The van der Waals surface area contributed by atoms with Crippen LogP contribution in [0, 0.1) is 0 Å². The van der Waals surface area contributed by atoms with Gasteiger partial charge in [0.25, 0.3) is 10.0 Å². The molecule has 236 valence electrons. The van der Waals surface area contributed by atoms with Gasteiger partial charge in [-0.2, -0.15) is 0 Å². The minimum Gasteiger partial charge on any atom is -0.496 e. The predicted octanol–water partition coefficient (Wildman–Crippen LogP) is 5.71. The fourth-order valence-corrected chi connectivity index (χ4v) is 7.59. The molecule has 0 spiro atoms. The van der Waals surface area contributed by atoms with E-state index in [2.05, 4.69) is 46.3 Å². The summed E-state index contributed by atoms with van der Waals surface area (Å²) in [6, 6.07) is 28.2. The van der Waals surface area contributed by atoms with Crippen molar-refractivity contribution in [2.24, 2.45) is 0 Å². The Bertz CT molecular complexity index is 1740. The number of nitrogens with one attached hydrogen (secondary N) is 1. The number of aromatic nitrogens is 1. The van der Waals surface area contributed by atoms with Crippen LogP contribution in [0.2, 0.25) is 0 Å². The number of carbonyl (C=O) groups is 2. The van der Waals surface area contributed by atoms with Gasteiger partial charge in [0.2, 0.25) is 0 Å². The highest BCUT2D eigenvalue weighted by atomic mass is 32.2. The van der Waals surface area contributed by atoms with Gasteiger partial charge >= 0.3 is 11.9 Å². The molecule has 3 N–H and O–H groups in total. The number of para-hydroxylation sites is 1. The van der Waals surface area contributed by atoms with Gasteiger partial charge in [0, 0.05) is 36.1 Å². The summed E-state index contributed by atoms with van der Waals surface area (Å²) in [4.78, 5) is 24.6. The molecule has 2 aliphatic heterocycles. The molecule has 0 bridgehead atoms. The molecule has 10 nitrogen and oxygen atoms in total. The third-order valence-electron chi connectivity index (χ3n) is 8.24. The van der Waals surface area contributed by atoms with E-state index in [1.807, 2.05) is 30.3 Å². The van der Waals surface area contributed by atoms with Crippen LogP contribution in [0.3, 0.4) is 0 Å². The number of carboxylic acid groups (broad SMARTS) is 2. The number of H-pyrrole nitrogens is 1. The van der Waals surface area contributed by atoms with Gasteiger partial charge in [-0.05, 0) is 73.3 Å². The number of fused-ring (bicyclic) bond motifs is 1. The third kappa shape index (κ3) is 7.21. The lowest BCUT2D eigenvalue weighted by atomic mass is 10.0. The van der Waals surface area contributed by atoms with Crippen molar-refractivity contribution >= 4 is 27.6 Å². The SMILES string of the molecule is COc1ccc(S(=O)(=O)N2CCc3ccccc32)cc1-c1ccc(CN2CCCCC[C@@H]2c2ccccc2)[nH]1.O=C(O)C(=O)O. The van der Waals surface area contributed by atoms with Gasteiger partial charge < -0.3 is 19.9 Å². The van der Waals surface area contributed by atoms with E-state index in [4.69, 9.17) is 24.5 Å². The van der Waals surface area contributed by atoms with Gasteiger partial charge in [0.15, 0.2) is 0 Å². The van der Waals surface area contributed by atoms with Crippen LogP contribution >= 0.6 is 0 Å². The number of likely N-dealkylation sites (tertiary alicyclic amines) is 1. The number of ether oxygens (including phenoxy) is 1. The zero-order valence-corrected chi connectivity index (χ0v) is 25.9. The fraction of sp³-hybridized carbons (Fsp3) is 0.294. The molecule has 1 aromatic heterocycles. The summed E-state index contributed by atoms with van der Waals surface area (Å²) in [5, 5.41) is 14.8. The summed E-state index contributed by atoms with van der Waals surface area (Å²) in [5.74, 6) is -3.01. The van der Waals surface area contributed by atoms with Gasteiger partial charge in [0.1, 0.15) is 5.75 Å². The van der Waals surface area contributed by atoms with Crippen LogP contribution in [0.5, 0.6) is 5.75 Å². The van der Waals surface area contributed by atoms with Crippen molar-refractivity contribution in [2.45, 2.75) is 49.6 Å². The summed E-state index contributed by atoms with van der Waals surface area (Å²) in [7, 11) is -2.09. The quantitative estimate of drug-likeness (QED) is 0.220. The number of rotatable bonds is 7. The van der Waals surface area contributed by atoms with Crippen LogP contribution in [-0.2, 0) is 32.6 Å². The first-order chi connectivity index (χ1) is 21.7. The van der Waals surface area contributed by atoms with Crippen LogP contribution in [0.4, 0.5) is 5.69 Å². The molecule has 0 radical (unpaired) electrons. The second-order valence-corrected chi connectivity index (χ2v) is 12.9. The summed E-state index contributed by atoms with van der Waals surface area (Å²) >= 11 is 0. The van der Waals surface area contributed by atoms with Crippen LogP contribution in [0.25, 0.3) is 11.3 Å². The van der Waals surface area contributed by atoms with Crippen molar-refractivity contribution in [1.82, 2.24) is 9.88 Å². The van der Waals surface area contributed by atoms with Crippen LogP contribution < -0.4 is 9.04 Å². The Kier molecular flexibility index (Phi) is 9.90. The first-order valence-corrected chi connectivity index (χ1v) is 16.3. The second kappa shape index (κ2) is 14.0. The van der Waals surface area contributed by atoms with Crippen LogP contribution in [-0.4, -0.2) is 60.7 Å². The summed E-state index contributed by atoms with van der Waals surface area (Å²) in [5.41, 5.74) is 5.90. The Morgan fingerprint density at radius 2 is 1.62 bits per heavy atom. The summed E-state index contributed by atoms with van der Waals surface area (Å²) in [6.45, 7) is 2.32. The first kappa shape index (κ1) is 31.8. The van der Waals surface area contributed by atoms with Crippen molar-refractivity contribution in [2.75, 3.05) is 24.5 Å². The maximum atomic E-state index is 13.7. The zero-order chi connectivity index (χ0) is 32.0. The Labute approximate surface area is 262 Å². The molecular weight excluding hydrogens is 594 g/mol. The Balaban J connectivity index is 0.000000609. The van der Waals surface area contributed by atoms with Gasteiger partial charge in [-0.15, -0.1) is 0 Å². The summed E-state index contributed by atoms with van der Waals surface area (Å²) in [6.07, 6.45) is 5.58. The van der Waals surface area contributed by atoms with Crippen molar-refractivity contribution in [3.05, 3.63) is 102 Å². The van der Waals surface area contributed by atoms with E-state index in [0.29, 0.717) is 18.3 Å². The molecule has 1 saturated heterocycles. The molecule has 3 heterocycles. The van der Waals surface area contributed by atoms with Crippen molar-refractivity contribution in [1.29, 1.82) is 0 Å². The van der Waals surface area contributed by atoms with E-state index in [1.165, 1.54) is 29.1 Å². The van der Waals surface area contributed by atoms with E-state index >= 15 is 0 Å². The first-order valence-electron chi connectivity index (χ1n) is 14.9. The maximum Gasteiger partial charge on any atom is 0.414 e. The molecule has 2 aliphatic rings. The lowest BCUT2D eigenvalue weighted by molar-refractivity contribution is -0.159. The number of sulfonamides is 1. The average molecular weight is 632 g/mol. The standard InChI is InChI=1S/C32H35N3O3S.C2H2O4/c1-38-32-18-16-27(39(36,37)35-21-19-25-12-7-8-14-31(25)35)22-28(32)29-17-15-26(33-29)23-34-20-9-3-6-13-30(34)24-10-4-2-5-11-24;3-1(4)2(5)6/h2,4-5,7-8,10-12,14-18,22,30,33H,3,6,9,13,19-21,23H2,1H3;(H,3,4)(H,5,6)/t30-;/m1./s1. The minimum absolute atomic E-state index is 0.266. The number of methoxy groups -OCH3 is 1. The van der Waals surface area contributed by atoms with E-state index in [-0.39, 0.29) is 4.90 Å². The van der Waals surface area contributed by atoms with Crippen LogP contribution in [0.15, 0.2) is 89.8 Å². The molecule has 0 amide bonds. The molecule has 45 heavy (non-hydrogen) atoms. The molecule has 6 rings (SSSR count). The minimum atomic E-state index is -3.71. The number of anilines is 1. The Hall–Kier alpha value is -4.61. The highest BCUT2D eigenvalue weighted by Crippen LogP contribution is 2.37. The highest BCUT2D eigenvalue weighted by Gasteiger charge is 2.31. The molecule has 1 atom stereocenters. The molecule has 1 fully saturated rings. The molecule has 0 saturated carbocycles. The number of hydrogen-bond acceptors (Lipinski definition) is 6. The topological polar surface area (TPSA) is 140 Å². The third-order valence-corrected chi connectivity index (χ3v) is 10.1. The van der Waals surface area contributed by atoms with E-state index in [0.717, 1.165) is 54.1 Å². The second-order valence-electron chi connectivity index (χ2n) is 11.1. The predicted molar refractivity (Wildman–Crippen MR) is 171 cm³/mol. The van der Waals surface area contributed by atoms with E-state index in [1.54, 1.807) is 25.3 Å².